The Morgan fingerprint density at radius 3 is 2.52 bits per heavy atom. The molecule has 0 spiro atoms. The molecule has 3 aliphatic heterocycles. The number of carbonyl (C=O) groups is 3. The van der Waals surface area contributed by atoms with Crippen molar-refractivity contribution in [2.75, 3.05) is 13.1 Å². The van der Waals surface area contributed by atoms with E-state index < -0.39 is 33.7 Å². The monoisotopic (exact) mass is 565 g/mol. The number of sulfonamides is 1. The van der Waals surface area contributed by atoms with Gasteiger partial charge in [0.05, 0.1) is 18.1 Å². The summed E-state index contributed by atoms with van der Waals surface area (Å²) in [7, 11) is -3.79. The van der Waals surface area contributed by atoms with E-state index in [-0.39, 0.29) is 54.8 Å². The molecular formula is C28H28FN5O5S. The summed E-state index contributed by atoms with van der Waals surface area (Å²) >= 11 is 0. The molecule has 1 unspecified atom stereocenters. The number of halogens is 1. The first-order valence-electron chi connectivity index (χ1n) is 13.2. The minimum atomic E-state index is -3.79. The molecule has 4 heterocycles. The van der Waals surface area contributed by atoms with Crippen LogP contribution in [0.4, 0.5) is 4.39 Å². The van der Waals surface area contributed by atoms with Gasteiger partial charge in [0.2, 0.25) is 21.8 Å². The van der Waals surface area contributed by atoms with E-state index in [1.165, 1.54) is 33.7 Å². The summed E-state index contributed by atoms with van der Waals surface area (Å²) in [6, 6.07) is 9.38. The van der Waals surface area contributed by atoms with Gasteiger partial charge in [-0.05, 0) is 67.0 Å². The smallest absolute Gasteiger partial charge is 0.255 e. The number of imide groups is 1. The number of nitrogens with zero attached hydrogens (tertiary/aromatic N) is 4. The number of carbonyl (C=O) groups excluding carboxylic acids is 3. The highest BCUT2D eigenvalue weighted by Crippen LogP contribution is 2.38. The fourth-order valence-corrected chi connectivity index (χ4v) is 7.37. The molecule has 3 aromatic rings. The van der Waals surface area contributed by atoms with Crippen LogP contribution in [0.25, 0.3) is 5.69 Å². The van der Waals surface area contributed by atoms with Crippen LogP contribution in [0.5, 0.6) is 0 Å². The molecule has 2 saturated heterocycles. The lowest BCUT2D eigenvalue weighted by Gasteiger charge is -2.32. The van der Waals surface area contributed by atoms with Crippen molar-refractivity contribution in [2.45, 2.75) is 56.0 Å². The Kier molecular flexibility index (Phi) is 6.54. The minimum Gasteiger partial charge on any atom is -0.322 e. The summed E-state index contributed by atoms with van der Waals surface area (Å²) in [5, 5.41) is 6.54. The maximum absolute atomic E-state index is 14.7. The minimum absolute atomic E-state index is 0.103. The zero-order chi connectivity index (χ0) is 28.2. The van der Waals surface area contributed by atoms with Crippen LogP contribution in [-0.2, 0) is 26.2 Å². The topological polar surface area (TPSA) is 122 Å². The molecule has 12 heteroatoms. The summed E-state index contributed by atoms with van der Waals surface area (Å²) < 4.78 is 44.5. The van der Waals surface area contributed by atoms with Gasteiger partial charge in [-0.1, -0.05) is 18.2 Å². The summed E-state index contributed by atoms with van der Waals surface area (Å²) in [5.41, 5.74) is 3.31. The quantitative estimate of drug-likeness (QED) is 0.475. The standard InChI is InChI=1S/C28H28FN5O5S/c1-17-4-2-3-5-24(17)34-15-20(14-30-34)40(38,39)32-10-8-18(9-11-32)21-12-19(29)13-22-23(21)16-33(28(22)37)25-6-7-26(35)31-27(25)36/h2-5,12-15,18,25H,6-11,16H2,1H3,(H,31,35,36). The predicted octanol–water partition coefficient (Wildman–Crippen LogP) is 2.65. The number of rotatable bonds is 5. The van der Waals surface area contributed by atoms with Crippen LogP contribution in [0.15, 0.2) is 53.7 Å². The molecule has 0 bridgehead atoms. The van der Waals surface area contributed by atoms with E-state index in [1.807, 2.05) is 31.2 Å². The highest BCUT2D eigenvalue weighted by molar-refractivity contribution is 7.89. The first-order chi connectivity index (χ1) is 19.1. The van der Waals surface area contributed by atoms with E-state index in [2.05, 4.69) is 10.4 Å². The van der Waals surface area contributed by atoms with Crippen LogP contribution in [0.3, 0.4) is 0 Å². The molecule has 3 amide bonds. The highest BCUT2D eigenvalue weighted by atomic mass is 32.2. The molecule has 6 rings (SSSR count). The Balaban J connectivity index is 1.19. The SMILES string of the molecule is Cc1ccccc1-n1cc(S(=O)(=O)N2CCC(c3cc(F)cc4c3CN(C3CCC(=O)NC3=O)C4=O)CC2)cn1. The average Bonchev–Trinajstić information content (AvgIpc) is 3.55. The Bertz CT molecular complexity index is 1640. The fourth-order valence-electron chi connectivity index (χ4n) is 5.97. The fraction of sp³-hybridized carbons (Fsp3) is 0.357. The number of piperidine rings is 2. The van der Waals surface area contributed by atoms with Gasteiger partial charge in [0.1, 0.15) is 16.8 Å². The number of fused-ring (bicyclic) bond motifs is 1. The van der Waals surface area contributed by atoms with Crippen molar-refractivity contribution >= 4 is 27.7 Å². The van der Waals surface area contributed by atoms with Gasteiger partial charge in [-0.3, -0.25) is 19.7 Å². The van der Waals surface area contributed by atoms with Gasteiger partial charge < -0.3 is 4.90 Å². The molecule has 208 valence electrons. The van der Waals surface area contributed by atoms with Gasteiger partial charge in [-0.2, -0.15) is 9.40 Å². The maximum Gasteiger partial charge on any atom is 0.255 e. The van der Waals surface area contributed by atoms with Crippen molar-refractivity contribution in [1.29, 1.82) is 0 Å². The van der Waals surface area contributed by atoms with Crippen LogP contribution in [0.1, 0.15) is 58.6 Å². The second kappa shape index (κ2) is 9.93. The number of nitrogens with one attached hydrogen (secondary N) is 1. The zero-order valence-electron chi connectivity index (χ0n) is 21.8. The lowest BCUT2D eigenvalue weighted by Crippen LogP contribution is -2.52. The molecule has 3 aliphatic rings. The zero-order valence-corrected chi connectivity index (χ0v) is 22.7. The molecule has 40 heavy (non-hydrogen) atoms. The van der Waals surface area contributed by atoms with E-state index in [9.17, 15) is 27.2 Å². The van der Waals surface area contributed by atoms with Crippen LogP contribution in [-0.4, -0.2) is 64.3 Å². The van der Waals surface area contributed by atoms with Crippen molar-refractivity contribution in [2.24, 2.45) is 0 Å². The lowest BCUT2D eigenvalue weighted by molar-refractivity contribution is -0.136. The first-order valence-corrected chi connectivity index (χ1v) is 14.7. The Labute approximate surface area is 230 Å². The van der Waals surface area contributed by atoms with E-state index in [1.54, 1.807) is 4.68 Å². The molecule has 1 atom stereocenters. The third kappa shape index (κ3) is 4.50. The van der Waals surface area contributed by atoms with Crippen molar-refractivity contribution in [3.05, 3.63) is 76.9 Å². The molecule has 0 radical (unpaired) electrons. The van der Waals surface area contributed by atoms with E-state index in [0.29, 0.717) is 24.0 Å². The van der Waals surface area contributed by atoms with Crippen LogP contribution < -0.4 is 5.32 Å². The van der Waals surface area contributed by atoms with Gasteiger partial charge in [0.25, 0.3) is 5.91 Å². The van der Waals surface area contributed by atoms with Crippen LogP contribution in [0.2, 0.25) is 0 Å². The van der Waals surface area contributed by atoms with Gasteiger partial charge >= 0.3 is 0 Å². The van der Waals surface area contributed by atoms with Gasteiger partial charge in [-0.15, -0.1) is 0 Å². The van der Waals surface area contributed by atoms with E-state index >= 15 is 0 Å². The van der Waals surface area contributed by atoms with Crippen molar-refractivity contribution in [3.63, 3.8) is 0 Å². The van der Waals surface area contributed by atoms with Gasteiger partial charge in [0.15, 0.2) is 0 Å². The van der Waals surface area contributed by atoms with Gasteiger partial charge in [-0.25, -0.2) is 17.5 Å². The normalized spacial score (nSPS) is 20.6. The van der Waals surface area contributed by atoms with Gasteiger partial charge in [0, 0.05) is 31.6 Å². The Morgan fingerprint density at radius 2 is 1.80 bits per heavy atom. The second-order valence-corrected chi connectivity index (χ2v) is 12.4. The predicted molar refractivity (Wildman–Crippen MR) is 141 cm³/mol. The molecule has 0 aliphatic carbocycles. The summed E-state index contributed by atoms with van der Waals surface area (Å²) in [6.07, 6.45) is 4.12. The summed E-state index contributed by atoms with van der Waals surface area (Å²) in [6.45, 7) is 2.54. The molecule has 1 aromatic heterocycles. The highest BCUT2D eigenvalue weighted by Gasteiger charge is 2.41. The van der Waals surface area contributed by atoms with Crippen molar-refractivity contribution in [1.82, 2.24) is 24.3 Å². The third-order valence-electron chi connectivity index (χ3n) is 8.11. The summed E-state index contributed by atoms with van der Waals surface area (Å²) in [5.74, 6) is -2.04. The Hall–Kier alpha value is -3.90. The summed E-state index contributed by atoms with van der Waals surface area (Å²) in [4.78, 5) is 38.7. The number of aryl methyl sites for hydroxylation is 1. The van der Waals surface area contributed by atoms with Crippen molar-refractivity contribution < 1.29 is 27.2 Å². The third-order valence-corrected chi connectivity index (χ3v) is 9.96. The van der Waals surface area contributed by atoms with E-state index in [4.69, 9.17) is 0 Å². The number of para-hydroxylation sites is 1. The average molecular weight is 566 g/mol. The number of aromatic nitrogens is 2. The Morgan fingerprint density at radius 1 is 1.05 bits per heavy atom. The number of hydrogen-bond acceptors (Lipinski definition) is 6. The molecule has 0 saturated carbocycles. The molecular weight excluding hydrogens is 537 g/mol. The number of benzene rings is 2. The largest absolute Gasteiger partial charge is 0.322 e. The first kappa shape index (κ1) is 26.3. The molecule has 1 N–H and O–H groups in total. The number of amides is 3. The molecule has 2 aromatic carbocycles. The lowest BCUT2D eigenvalue weighted by atomic mass is 9.86. The number of hydrogen-bond donors (Lipinski definition) is 1. The molecule has 2 fully saturated rings. The van der Waals surface area contributed by atoms with Crippen LogP contribution in [0, 0.1) is 12.7 Å². The van der Waals surface area contributed by atoms with Crippen LogP contribution >= 0.6 is 0 Å². The molecule has 10 nitrogen and oxygen atoms in total. The maximum atomic E-state index is 14.7. The van der Waals surface area contributed by atoms with E-state index in [0.717, 1.165) is 11.3 Å². The second-order valence-electron chi connectivity index (χ2n) is 10.5. The van der Waals surface area contributed by atoms with Crippen molar-refractivity contribution in [3.8, 4) is 5.69 Å².